The fourth-order valence-corrected chi connectivity index (χ4v) is 0.150. The molecule has 0 fully saturated rings. The summed E-state index contributed by atoms with van der Waals surface area (Å²) < 4.78 is 0. The van der Waals surface area contributed by atoms with E-state index in [1.165, 1.54) is 0 Å². The van der Waals surface area contributed by atoms with Crippen molar-refractivity contribution in [3.8, 4) is 0 Å². The topological polar surface area (TPSA) is 32.6 Å². The fraction of sp³-hybridized carbons (Fsp3) is 0.833. The molecule has 0 saturated carbocycles. The number of rotatable bonds is 0. The molecular weight excluding hydrogens is 102 g/mol. The minimum atomic E-state index is 0.00868. The van der Waals surface area contributed by atoms with Crippen LogP contribution in [0.1, 0.15) is 27.7 Å². The van der Waals surface area contributed by atoms with Gasteiger partial charge in [0.15, 0.2) is 0 Å². The second kappa shape index (κ2) is 2.16. The Kier molecular flexibility index (Phi) is 2.02. The summed E-state index contributed by atoms with van der Waals surface area (Å²) in [7, 11) is 0. The SMILES string of the molecule is CC(=NO)C(C)(C)C. The summed E-state index contributed by atoms with van der Waals surface area (Å²) in [4.78, 5) is 0. The summed E-state index contributed by atoms with van der Waals surface area (Å²) in [5.41, 5.74) is 0.770. The van der Waals surface area contributed by atoms with Crippen LogP contribution in [0.2, 0.25) is 0 Å². The van der Waals surface area contributed by atoms with Gasteiger partial charge in [0.1, 0.15) is 0 Å². The van der Waals surface area contributed by atoms with Crippen molar-refractivity contribution in [1.82, 2.24) is 0 Å². The quantitative estimate of drug-likeness (QED) is 0.292. The van der Waals surface area contributed by atoms with E-state index in [0.717, 1.165) is 5.71 Å². The fourth-order valence-electron chi connectivity index (χ4n) is 0.150. The van der Waals surface area contributed by atoms with Gasteiger partial charge in [-0.1, -0.05) is 25.9 Å². The molecule has 8 heavy (non-hydrogen) atoms. The monoisotopic (exact) mass is 115 g/mol. The third-order valence-electron chi connectivity index (χ3n) is 1.24. The van der Waals surface area contributed by atoms with Crippen molar-refractivity contribution in [3.63, 3.8) is 0 Å². The Hall–Kier alpha value is -0.530. The summed E-state index contributed by atoms with van der Waals surface area (Å²) in [6.45, 7) is 7.81. The number of nitrogens with zero attached hydrogens (tertiary/aromatic N) is 1. The van der Waals surface area contributed by atoms with Crippen LogP contribution in [0.5, 0.6) is 0 Å². The Morgan fingerprint density at radius 3 is 1.75 bits per heavy atom. The zero-order valence-corrected chi connectivity index (χ0v) is 5.89. The third kappa shape index (κ3) is 1.96. The Balaban J connectivity index is 4.03. The van der Waals surface area contributed by atoms with E-state index >= 15 is 0 Å². The molecule has 0 rings (SSSR count). The Morgan fingerprint density at radius 2 is 1.75 bits per heavy atom. The first-order chi connectivity index (χ1) is 3.48. The van der Waals surface area contributed by atoms with Crippen molar-refractivity contribution in [2.75, 3.05) is 0 Å². The van der Waals surface area contributed by atoms with Crippen LogP contribution in [0.15, 0.2) is 5.16 Å². The summed E-state index contributed by atoms with van der Waals surface area (Å²) >= 11 is 0. The number of oxime groups is 1. The standard InChI is InChI=1S/C6H13NO/c1-5(7-8)6(2,3)4/h8H,1-4H3. The van der Waals surface area contributed by atoms with Crippen molar-refractivity contribution < 1.29 is 5.21 Å². The van der Waals surface area contributed by atoms with Crippen LogP contribution < -0.4 is 0 Å². The molecule has 0 radical (unpaired) electrons. The van der Waals surface area contributed by atoms with Crippen molar-refractivity contribution in [3.05, 3.63) is 0 Å². The molecule has 2 nitrogen and oxygen atoms in total. The summed E-state index contributed by atoms with van der Waals surface area (Å²) in [5, 5.41) is 11.3. The van der Waals surface area contributed by atoms with Gasteiger partial charge in [-0.2, -0.15) is 0 Å². The lowest BCUT2D eigenvalue weighted by Gasteiger charge is -2.15. The Morgan fingerprint density at radius 1 is 1.38 bits per heavy atom. The predicted octanol–water partition coefficient (Wildman–Crippen LogP) is 1.88. The molecule has 0 aromatic rings. The predicted molar refractivity (Wildman–Crippen MR) is 34.4 cm³/mol. The van der Waals surface area contributed by atoms with Crippen LogP contribution in [0, 0.1) is 5.41 Å². The molecule has 0 heterocycles. The van der Waals surface area contributed by atoms with Gasteiger partial charge in [0.2, 0.25) is 0 Å². The van der Waals surface area contributed by atoms with Crippen LogP contribution in [-0.4, -0.2) is 10.9 Å². The lowest BCUT2D eigenvalue weighted by atomic mass is 9.91. The van der Waals surface area contributed by atoms with E-state index in [0.29, 0.717) is 0 Å². The highest BCUT2D eigenvalue weighted by molar-refractivity contribution is 5.86. The Labute approximate surface area is 50.2 Å². The lowest BCUT2D eigenvalue weighted by molar-refractivity contribution is 0.310. The van der Waals surface area contributed by atoms with E-state index in [4.69, 9.17) is 5.21 Å². The van der Waals surface area contributed by atoms with E-state index in [1.54, 1.807) is 6.92 Å². The smallest absolute Gasteiger partial charge is 0.0593 e. The van der Waals surface area contributed by atoms with Crippen molar-refractivity contribution in [2.45, 2.75) is 27.7 Å². The maximum atomic E-state index is 8.26. The van der Waals surface area contributed by atoms with Gasteiger partial charge < -0.3 is 5.21 Å². The van der Waals surface area contributed by atoms with Crippen molar-refractivity contribution >= 4 is 5.71 Å². The summed E-state index contributed by atoms with van der Waals surface area (Å²) in [5.74, 6) is 0. The molecule has 0 unspecified atom stereocenters. The van der Waals surface area contributed by atoms with Gasteiger partial charge >= 0.3 is 0 Å². The average Bonchev–Trinajstić information content (AvgIpc) is 1.62. The molecule has 0 atom stereocenters. The normalized spacial score (nSPS) is 14.2. The molecule has 0 aromatic carbocycles. The summed E-state index contributed by atoms with van der Waals surface area (Å²) in [6, 6.07) is 0. The van der Waals surface area contributed by atoms with Crippen molar-refractivity contribution in [2.24, 2.45) is 10.6 Å². The van der Waals surface area contributed by atoms with E-state index < -0.39 is 0 Å². The molecule has 48 valence electrons. The zero-order chi connectivity index (χ0) is 6.78. The first kappa shape index (κ1) is 7.47. The second-order valence-corrected chi connectivity index (χ2v) is 2.94. The zero-order valence-electron chi connectivity index (χ0n) is 5.89. The first-order valence-corrected chi connectivity index (χ1v) is 2.67. The highest BCUT2D eigenvalue weighted by Crippen LogP contribution is 2.14. The van der Waals surface area contributed by atoms with Gasteiger partial charge in [-0.25, -0.2) is 0 Å². The van der Waals surface area contributed by atoms with Crippen LogP contribution in [0.25, 0.3) is 0 Å². The van der Waals surface area contributed by atoms with Gasteiger partial charge in [-0.15, -0.1) is 0 Å². The van der Waals surface area contributed by atoms with E-state index in [1.807, 2.05) is 20.8 Å². The summed E-state index contributed by atoms with van der Waals surface area (Å²) in [6.07, 6.45) is 0. The van der Waals surface area contributed by atoms with Gasteiger partial charge in [-0.3, -0.25) is 0 Å². The largest absolute Gasteiger partial charge is 0.411 e. The Bertz CT molecular complexity index is 99.6. The van der Waals surface area contributed by atoms with Crippen molar-refractivity contribution in [1.29, 1.82) is 0 Å². The average molecular weight is 115 g/mol. The molecular formula is C6H13NO. The van der Waals surface area contributed by atoms with Crippen LogP contribution in [0.4, 0.5) is 0 Å². The molecule has 0 aliphatic rings. The molecule has 1 N–H and O–H groups in total. The lowest BCUT2D eigenvalue weighted by Crippen LogP contribution is -2.16. The molecule has 0 spiro atoms. The van der Waals surface area contributed by atoms with Gasteiger partial charge in [-0.05, 0) is 6.92 Å². The molecule has 2 heteroatoms. The molecule has 0 aliphatic heterocycles. The molecule has 0 aliphatic carbocycles. The van der Waals surface area contributed by atoms with Gasteiger partial charge in [0, 0.05) is 5.41 Å². The first-order valence-electron chi connectivity index (χ1n) is 2.67. The molecule has 0 aromatic heterocycles. The third-order valence-corrected chi connectivity index (χ3v) is 1.24. The van der Waals surface area contributed by atoms with E-state index in [2.05, 4.69) is 5.16 Å². The molecule has 0 saturated heterocycles. The molecule has 0 bridgehead atoms. The van der Waals surface area contributed by atoms with Crippen LogP contribution in [0.3, 0.4) is 0 Å². The maximum absolute atomic E-state index is 8.26. The van der Waals surface area contributed by atoms with E-state index in [9.17, 15) is 0 Å². The van der Waals surface area contributed by atoms with Crippen LogP contribution >= 0.6 is 0 Å². The minimum absolute atomic E-state index is 0.00868. The minimum Gasteiger partial charge on any atom is -0.411 e. The van der Waals surface area contributed by atoms with E-state index in [-0.39, 0.29) is 5.41 Å². The number of hydrogen-bond acceptors (Lipinski definition) is 2. The van der Waals surface area contributed by atoms with Crippen LogP contribution in [-0.2, 0) is 0 Å². The molecule has 0 amide bonds. The van der Waals surface area contributed by atoms with Gasteiger partial charge in [0.25, 0.3) is 0 Å². The number of hydrogen-bond donors (Lipinski definition) is 1. The maximum Gasteiger partial charge on any atom is 0.0593 e. The second-order valence-electron chi connectivity index (χ2n) is 2.94. The highest BCUT2D eigenvalue weighted by Gasteiger charge is 2.13. The highest BCUT2D eigenvalue weighted by atomic mass is 16.4. The van der Waals surface area contributed by atoms with Gasteiger partial charge in [0.05, 0.1) is 5.71 Å².